The number of rotatable bonds is 5. The zero-order valence-corrected chi connectivity index (χ0v) is 14.9. The summed E-state index contributed by atoms with van der Waals surface area (Å²) in [6.07, 6.45) is 3.94. The van der Waals surface area contributed by atoms with Gasteiger partial charge in [0.2, 0.25) is 0 Å². The molecule has 1 aromatic carbocycles. The summed E-state index contributed by atoms with van der Waals surface area (Å²) < 4.78 is 6.71. The number of esters is 1. The van der Waals surface area contributed by atoms with Gasteiger partial charge in [0.25, 0.3) is 11.5 Å². The monoisotopic (exact) mass is 368 g/mol. The van der Waals surface area contributed by atoms with E-state index in [1.54, 1.807) is 10.6 Å². The van der Waals surface area contributed by atoms with Crippen molar-refractivity contribution in [1.82, 2.24) is 14.9 Å². The molecule has 0 unspecified atom stereocenters. The average Bonchev–Trinajstić information content (AvgIpc) is 2.91. The Morgan fingerprint density at radius 2 is 2.15 bits per heavy atom. The maximum atomic E-state index is 12.7. The Morgan fingerprint density at radius 3 is 2.96 bits per heavy atom. The number of nitrogens with zero attached hydrogens (tertiary/aromatic N) is 3. The predicted octanol–water partition coefficient (Wildman–Crippen LogP) is 1.31. The number of amides is 1. The van der Waals surface area contributed by atoms with E-state index >= 15 is 0 Å². The summed E-state index contributed by atoms with van der Waals surface area (Å²) in [6.45, 7) is 0.451. The summed E-state index contributed by atoms with van der Waals surface area (Å²) in [6, 6.07) is 6.51. The molecule has 8 nitrogen and oxygen atoms in total. The smallest absolute Gasteiger partial charge is 0.338 e. The van der Waals surface area contributed by atoms with Crippen LogP contribution in [0.5, 0.6) is 0 Å². The van der Waals surface area contributed by atoms with Gasteiger partial charge in [-0.2, -0.15) is 5.26 Å². The van der Waals surface area contributed by atoms with E-state index in [0.717, 1.165) is 31.5 Å². The minimum absolute atomic E-state index is 0.0892. The van der Waals surface area contributed by atoms with E-state index < -0.39 is 18.5 Å². The fraction of sp³-hybridized carbons (Fsp3) is 0.421. The van der Waals surface area contributed by atoms with Crippen LogP contribution >= 0.6 is 0 Å². The number of nitriles is 1. The number of aromatic nitrogens is 2. The van der Waals surface area contributed by atoms with Gasteiger partial charge in [-0.1, -0.05) is 6.42 Å². The number of carbonyl (C=O) groups excluding carboxylic acids is 2. The quantitative estimate of drug-likeness (QED) is 0.629. The van der Waals surface area contributed by atoms with E-state index in [1.807, 2.05) is 6.07 Å². The zero-order valence-electron chi connectivity index (χ0n) is 14.9. The largest absolute Gasteiger partial charge is 0.452 e. The van der Waals surface area contributed by atoms with Gasteiger partial charge in [-0.3, -0.25) is 14.2 Å². The molecule has 1 aromatic heterocycles. The molecule has 0 spiro atoms. The molecule has 0 aliphatic carbocycles. The van der Waals surface area contributed by atoms with Crippen molar-refractivity contribution in [1.29, 1.82) is 5.26 Å². The number of fused-ring (bicyclic) bond motifs is 2. The Balaban J connectivity index is 1.76. The van der Waals surface area contributed by atoms with Crippen LogP contribution in [0.15, 0.2) is 23.0 Å². The second kappa shape index (κ2) is 8.45. The van der Waals surface area contributed by atoms with Crippen molar-refractivity contribution < 1.29 is 14.3 Å². The molecule has 0 fully saturated rings. The van der Waals surface area contributed by atoms with Gasteiger partial charge in [0, 0.05) is 19.5 Å². The summed E-state index contributed by atoms with van der Waals surface area (Å²) in [5, 5.41) is 11.4. The van der Waals surface area contributed by atoms with E-state index in [4.69, 9.17) is 10.00 Å². The lowest BCUT2D eigenvalue weighted by Gasteiger charge is -2.11. The maximum Gasteiger partial charge on any atom is 0.338 e. The molecule has 0 saturated carbocycles. The van der Waals surface area contributed by atoms with Gasteiger partial charge in [0.05, 0.1) is 29.0 Å². The minimum Gasteiger partial charge on any atom is -0.452 e. The number of benzene rings is 1. The first-order chi connectivity index (χ1) is 13.1. The summed E-state index contributed by atoms with van der Waals surface area (Å²) in [7, 11) is 0. The maximum absolute atomic E-state index is 12.7. The van der Waals surface area contributed by atoms with Crippen LogP contribution < -0.4 is 10.9 Å². The van der Waals surface area contributed by atoms with Gasteiger partial charge in [0.15, 0.2) is 6.61 Å². The van der Waals surface area contributed by atoms with Crippen molar-refractivity contribution in [3.8, 4) is 6.07 Å². The van der Waals surface area contributed by atoms with Crippen LogP contribution in [0.1, 0.15) is 41.9 Å². The molecule has 1 N–H and O–H groups in total. The summed E-state index contributed by atoms with van der Waals surface area (Å²) in [5.74, 6) is -0.391. The molecule has 1 aliphatic heterocycles. The first-order valence-corrected chi connectivity index (χ1v) is 8.94. The van der Waals surface area contributed by atoms with Crippen molar-refractivity contribution >= 4 is 22.8 Å². The molecule has 0 radical (unpaired) electrons. The first kappa shape index (κ1) is 18.6. The van der Waals surface area contributed by atoms with E-state index in [-0.39, 0.29) is 24.1 Å². The molecule has 0 saturated heterocycles. The number of hydrogen-bond donors (Lipinski definition) is 1. The van der Waals surface area contributed by atoms with Gasteiger partial charge >= 0.3 is 5.97 Å². The van der Waals surface area contributed by atoms with Gasteiger partial charge < -0.3 is 10.1 Å². The SMILES string of the molecule is N#CCCNC(=O)COC(=O)c1ccc2c(=O)n3c(nc2c1)CCCCC3. The molecular weight excluding hydrogens is 348 g/mol. The van der Waals surface area contributed by atoms with Crippen molar-refractivity contribution in [3.05, 3.63) is 39.9 Å². The highest BCUT2D eigenvalue weighted by Gasteiger charge is 2.16. The Hall–Kier alpha value is -3.21. The number of ether oxygens (including phenoxy) is 1. The highest BCUT2D eigenvalue weighted by Crippen LogP contribution is 2.16. The third kappa shape index (κ3) is 4.31. The van der Waals surface area contributed by atoms with Crippen molar-refractivity contribution in [2.24, 2.45) is 0 Å². The standard InChI is InChI=1S/C19H20N4O4/c20-8-4-9-21-17(24)12-27-19(26)13-6-7-14-15(11-13)22-16-5-2-1-3-10-23(16)18(14)25/h6-7,11H,1-5,9-10,12H2,(H,21,24). The summed E-state index contributed by atoms with van der Waals surface area (Å²) in [4.78, 5) is 41.0. The third-order valence-electron chi connectivity index (χ3n) is 4.45. The van der Waals surface area contributed by atoms with Crippen molar-refractivity contribution in [3.63, 3.8) is 0 Å². The number of nitrogens with one attached hydrogen (secondary N) is 1. The summed E-state index contributed by atoms with van der Waals surface area (Å²) in [5.41, 5.74) is 0.604. The molecule has 2 aromatic rings. The lowest BCUT2D eigenvalue weighted by atomic mass is 10.1. The molecule has 0 atom stereocenters. The first-order valence-electron chi connectivity index (χ1n) is 8.94. The fourth-order valence-electron chi connectivity index (χ4n) is 3.07. The molecule has 8 heteroatoms. The molecule has 1 amide bonds. The van der Waals surface area contributed by atoms with E-state index in [9.17, 15) is 14.4 Å². The van der Waals surface area contributed by atoms with Gasteiger partial charge in [-0.05, 0) is 31.0 Å². The topological polar surface area (TPSA) is 114 Å². The lowest BCUT2D eigenvalue weighted by molar-refractivity contribution is -0.124. The Kier molecular flexibility index (Phi) is 5.81. The highest BCUT2D eigenvalue weighted by molar-refractivity contribution is 5.95. The predicted molar refractivity (Wildman–Crippen MR) is 97.1 cm³/mol. The van der Waals surface area contributed by atoms with Crippen LogP contribution in [-0.2, 0) is 22.5 Å². The second-order valence-electron chi connectivity index (χ2n) is 6.36. The third-order valence-corrected chi connectivity index (χ3v) is 4.45. The molecule has 1 aliphatic rings. The number of aryl methyl sites for hydroxylation is 1. The molecule has 2 heterocycles. The lowest BCUT2D eigenvalue weighted by Crippen LogP contribution is -2.29. The molecule has 3 rings (SSSR count). The molecule has 27 heavy (non-hydrogen) atoms. The van der Waals surface area contributed by atoms with Crippen LogP contribution in [0.2, 0.25) is 0 Å². The number of carbonyl (C=O) groups is 2. The van der Waals surface area contributed by atoms with Crippen LogP contribution in [0.25, 0.3) is 10.9 Å². The Bertz CT molecular complexity index is 974. The highest BCUT2D eigenvalue weighted by atomic mass is 16.5. The molecule has 140 valence electrons. The van der Waals surface area contributed by atoms with Gasteiger partial charge in [-0.15, -0.1) is 0 Å². The van der Waals surface area contributed by atoms with Crippen LogP contribution in [-0.4, -0.2) is 34.6 Å². The van der Waals surface area contributed by atoms with Gasteiger partial charge in [-0.25, -0.2) is 9.78 Å². The van der Waals surface area contributed by atoms with Crippen LogP contribution in [0.3, 0.4) is 0 Å². The second-order valence-corrected chi connectivity index (χ2v) is 6.36. The minimum atomic E-state index is -0.663. The van der Waals surface area contributed by atoms with Crippen molar-refractivity contribution in [2.75, 3.05) is 13.2 Å². The van der Waals surface area contributed by atoms with E-state index in [0.29, 0.717) is 17.4 Å². The average molecular weight is 368 g/mol. The Labute approximate surface area is 155 Å². The molecule has 0 bridgehead atoms. The normalized spacial score (nSPS) is 13.3. The van der Waals surface area contributed by atoms with Crippen molar-refractivity contribution in [2.45, 2.75) is 38.6 Å². The summed E-state index contributed by atoms with van der Waals surface area (Å²) >= 11 is 0. The van der Waals surface area contributed by atoms with Gasteiger partial charge in [0.1, 0.15) is 5.82 Å². The molecular formula is C19H20N4O4. The zero-order chi connectivity index (χ0) is 19.2. The number of hydrogen-bond acceptors (Lipinski definition) is 6. The fourth-order valence-corrected chi connectivity index (χ4v) is 3.07. The van der Waals surface area contributed by atoms with Crippen LogP contribution in [0, 0.1) is 11.3 Å². The Morgan fingerprint density at radius 1 is 1.30 bits per heavy atom. The van der Waals surface area contributed by atoms with Crippen LogP contribution in [0.4, 0.5) is 0 Å². The van der Waals surface area contributed by atoms with E-state index in [2.05, 4.69) is 10.3 Å². The van der Waals surface area contributed by atoms with E-state index in [1.165, 1.54) is 12.1 Å².